The highest BCUT2D eigenvalue weighted by atomic mass is 16.2. The lowest BCUT2D eigenvalue weighted by molar-refractivity contribution is -0.121. The molecule has 1 N–H and O–H groups in total. The van der Waals surface area contributed by atoms with Gasteiger partial charge in [0.15, 0.2) is 5.78 Å². The molecule has 0 saturated carbocycles. The number of rotatable bonds is 1. The minimum absolute atomic E-state index is 0.0125. The fourth-order valence-corrected chi connectivity index (χ4v) is 0.973. The Morgan fingerprint density at radius 3 is 2.45 bits per heavy atom. The molecule has 0 bridgehead atoms. The van der Waals surface area contributed by atoms with Gasteiger partial charge >= 0.3 is 0 Å². The molecule has 0 aromatic heterocycles. The standard InChI is InChI=1S/C8H11NO2/c1-5(2)3-6-7(10)4-8(11)9-6/h3,5H,4H2,1-2H3,(H,9,11). The fourth-order valence-electron chi connectivity index (χ4n) is 0.973. The van der Waals surface area contributed by atoms with E-state index in [1.165, 1.54) is 0 Å². The number of Topliss-reactive ketones (excluding diaryl/α,β-unsaturated/α-hetero) is 1. The lowest BCUT2D eigenvalue weighted by atomic mass is 10.1. The van der Waals surface area contributed by atoms with E-state index in [0.29, 0.717) is 11.6 Å². The second-order valence-electron chi connectivity index (χ2n) is 2.97. The topological polar surface area (TPSA) is 46.2 Å². The smallest absolute Gasteiger partial charge is 0.232 e. The van der Waals surface area contributed by atoms with Gasteiger partial charge in [-0.2, -0.15) is 0 Å². The summed E-state index contributed by atoms with van der Waals surface area (Å²) < 4.78 is 0. The largest absolute Gasteiger partial charge is 0.323 e. The normalized spacial score (nSPS) is 21.5. The van der Waals surface area contributed by atoms with Crippen LogP contribution < -0.4 is 5.32 Å². The highest BCUT2D eigenvalue weighted by Crippen LogP contribution is 2.08. The molecule has 11 heavy (non-hydrogen) atoms. The van der Waals surface area contributed by atoms with Crippen molar-refractivity contribution in [3.8, 4) is 0 Å². The van der Waals surface area contributed by atoms with E-state index in [-0.39, 0.29) is 18.1 Å². The van der Waals surface area contributed by atoms with Gasteiger partial charge in [0.05, 0.1) is 12.1 Å². The molecule has 60 valence electrons. The predicted molar refractivity (Wildman–Crippen MR) is 40.7 cm³/mol. The maximum atomic E-state index is 11.0. The summed E-state index contributed by atoms with van der Waals surface area (Å²) in [7, 11) is 0. The van der Waals surface area contributed by atoms with Crippen LogP contribution in [0.4, 0.5) is 0 Å². The highest BCUT2D eigenvalue weighted by molar-refractivity contribution is 6.14. The van der Waals surface area contributed by atoms with Crippen molar-refractivity contribution in [2.45, 2.75) is 20.3 Å². The number of amides is 1. The summed E-state index contributed by atoms with van der Waals surface area (Å²) in [6.07, 6.45) is 1.78. The van der Waals surface area contributed by atoms with Crippen molar-refractivity contribution in [3.63, 3.8) is 0 Å². The molecule has 0 radical (unpaired) electrons. The van der Waals surface area contributed by atoms with Crippen LogP contribution in [0, 0.1) is 5.92 Å². The van der Waals surface area contributed by atoms with Crippen LogP contribution in [0.25, 0.3) is 0 Å². The first-order valence-electron chi connectivity index (χ1n) is 3.64. The molecule has 3 nitrogen and oxygen atoms in total. The quantitative estimate of drug-likeness (QED) is 0.443. The molecular weight excluding hydrogens is 142 g/mol. The van der Waals surface area contributed by atoms with Gasteiger partial charge in [-0.3, -0.25) is 9.59 Å². The molecule has 1 fully saturated rings. The Bertz CT molecular complexity index is 228. The molecule has 0 atom stereocenters. The number of nitrogens with one attached hydrogen (secondary N) is 1. The van der Waals surface area contributed by atoms with Crippen molar-refractivity contribution < 1.29 is 9.59 Å². The van der Waals surface area contributed by atoms with Gasteiger partial charge in [0.1, 0.15) is 0 Å². The molecule has 0 aromatic rings. The van der Waals surface area contributed by atoms with Crippen molar-refractivity contribution in [1.29, 1.82) is 0 Å². The SMILES string of the molecule is CC(C)C=C1NC(=O)CC1=O. The summed E-state index contributed by atoms with van der Waals surface area (Å²) in [5.41, 5.74) is 0.463. The van der Waals surface area contributed by atoms with Gasteiger partial charge in [0.25, 0.3) is 0 Å². The molecule has 0 unspecified atom stereocenters. The Morgan fingerprint density at radius 1 is 1.45 bits per heavy atom. The third-order valence-corrected chi connectivity index (χ3v) is 1.40. The molecule has 0 aliphatic carbocycles. The van der Waals surface area contributed by atoms with E-state index in [9.17, 15) is 9.59 Å². The Labute approximate surface area is 65.5 Å². The minimum atomic E-state index is -0.193. The van der Waals surface area contributed by atoms with Gasteiger partial charge in [-0.15, -0.1) is 0 Å². The van der Waals surface area contributed by atoms with Gasteiger partial charge in [-0.25, -0.2) is 0 Å². The summed E-state index contributed by atoms with van der Waals surface area (Å²) in [6.45, 7) is 3.93. The zero-order chi connectivity index (χ0) is 8.43. The number of hydrogen-bond donors (Lipinski definition) is 1. The Morgan fingerprint density at radius 2 is 2.09 bits per heavy atom. The molecular formula is C8H11NO2. The van der Waals surface area contributed by atoms with Crippen LogP contribution in [-0.4, -0.2) is 11.7 Å². The summed E-state index contributed by atoms with van der Waals surface area (Å²) in [5, 5.41) is 2.51. The number of ketones is 1. The van der Waals surface area contributed by atoms with Crippen LogP contribution in [-0.2, 0) is 9.59 Å². The number of hydrogen-bond acceptors (Lipinski definition) is 2. The fraction of sp³-hybridized carbons (Fsp3) is 0.500. The second kappa shape index (κ2) is 2.86. The van der Waals surface area contributed by atoms with Crippen molar-refractivity contribution in [1.82, 2.24) is 5.32 Å². The van der Waals surface area contributed by atoms with Gasteiger partial charge in [-0.1, -0.05) is 19.9 Å². The average Bonchev–Trinajstić information content (AvgIpc) is 2.09. The van der Waals surface area contributed by atoms with Crippen LogP contribution in [0.15, 0.2) is 11.8 Å². The summed E-state index contributed by atoms with van der Waals surface area (Å²) in [5.74, 6) is 0.0120. The second-order valence-corrected chi connectivity index (χ2v) is 2.97. The van der Waals surface area contributed by atoms with Crippen molar-refractivity contribution in [3.05, 3.63) is 11.8 Å². The lowest BCUT2D eigenvalue weighted by Gasteiger charge is -1.97. The van der Waals surface area contributed by atoms with Crippen molar-refractivity contribution in [2.75, 3.05) is 0 Å². The molecule has 1 aliphatic heterocycles. The van der Waals surface area contributed by atoms with Crippen LogP contribution in [0.3, 0.4) is 0 Å². The number of allylic oxidation sites excluding steroid dienone is 2. The summed E-state index contributed by atoms with van der Waals surface area (Å²) in [4.78, 5) is 21.6. The molecule has 0 aromatic carbocycles. The third kappa shape index (κ3) is 1.90. The molecule has 0 spiro atoms. The first-order chi connectivity index (χ1) is 5.09. The molecule has 1 amide bonds. The van der Waals surface area contributed by atoms with E-state index in [0.717, 1.165) is 0 Å². The molecule has 3 heteroatoms. The third-order valence-electron chi connectivity index (χ3n) is 1.40. The van der Waals surface area contributed by atoms with Crippen LogP contribution in [0.5, 0.6) is 0 Å². The summed E-state index contributed by atoms with van der Waals surface area (Å²) in [6, 6.07) is 0. The Hall–Kier alpha value is -1.12. The monoisotopic (exact) mass is 153 g/mol. The van der Waals surface area contributed by atoms with Gasteiger partial charge in [0, 0.05) is 0 Å². The highest BCUT2D eigenvalue weighted by Gasteiger charge is 2.23. The maximum Gasteiger partial charge on any atom is 0.232 e. The Kier molecular flexibility index (Phi) is 2.08. The van der Waals surface area contributed by atoms with Crippen LogP contribution in [0.1, 0.15) is 20.3 Å². The number of carbonyl (C=O) groups excluding carboxylic acids is 2. The van der Waals surface area contributed by atoms with Gasteiger partial charge in [-0.05, 0) is 5.92 Å². The van der Waals surface area contributed by atoms with E-state index < -0.39 is 0 Å². The van der Waals surface area contributed by atoms with Gasteiger partial charge in [0.2, 0.25) is 5.91 Å². The molecule has 1 aliphatic rings. The van der Waals surface area contributed by atoms with Gasteiger partial charge < -0.3 is 5.32 Å². The number of carbonyl (C=O) groups is 2. The van der Waals surface area contributed by atoms with Crippen molar-refractivity contribution >= 4 is 11.7 Å². The average molecular weight is 153 g/mol. The lowest BCUT2D eigenvalue weighted by Crippen LogP contribution is -2.13. The predicted octanol–water partition coefficient (Wildman–Crippen LogP) is 0.615. The first-order valence-corrected chi connectivity index (χ1v) is 3.64. The zero-order valence-corrected chi connectivity index (χ0v) is 6.68. The van der Waals surface area contributed by atoms with Crippen LogP contribution >= 0.6 is 0 Å². The molecule has 1 heterocycles. The Balaban J connectivity index is 2.75. The van der Waals surface area contributed by atoms with E-state index >= 15 is 0 Å². The van der Waals surface area contributed by atoms with Crippen molar-refractivity contribution in [2.24, 2.45) is 5.92 Å². The first kappa shape index (κ1) is 7.98. The van der Waals surface area contributed by atoms with E-state index in [1.54, 1.807) is 6.08 Å². The minimum Gasteiger partial charge on any atom is -0.323 e. The molecule has 1 saturated heterocycles. The molecule has 1 rings (SSSR count). The van der Waals surface area contributed by atoms with E-state index in [4.69, 9.17) is 0 Å². The summed E-state index contributed by atoms with van der Waals surface area (Å²) >= 11 is 0. The zero-order valence-electron chi connectivity index (χ0n) is 6.68. The van der Waals surface area contributed by atoms with E-state index in [1.807, 2.05) is 13.8 Å². The van der Waals surface area contributed by atoms with E-state index in [2.05, 4.69) is 5.32 Å². The maximum absolute atomic E-state index is 11.0. The van der Waals surface area contributed by atoms with Crippen LogP contribution in [0.2, 0.25) is 0 Å².